The molecule has 0 N–H and O–H groups in total. The molecule has 3 atom stereocenters. The number of hydrogen-bond acceptors (Lipinski definition) is 1. The van der Waals surface area contributed by atoms with Crippen LogP contribution in [0.1, 0.15) is 59.3 Å². The van der Waals surface area contributed by atoms with E-state index >= 15 is 0 Å². The summed E-state index contributed by atoms with van der Waals surface area (Å²) in [4.78, 5) is 2.97. The standard InChI is InChI=1S/C15H25N/c1-13(2,3)8-15-7-11-6-12(11)16(15)10-14(9-15)4-5-14/h11-12H,4-10H2,1-3H3/t11-,12-,15?/m1/s1. The number of nitrogens with zero attached hydrogens (tertiary/aromatic N) is 1. The number of piperidine rings is 1. The Balaban J connectivity index is 1.64. The molecule has 0 aromatic rings. The maximum Gasteiger partial charge on any atom is 0.0226 e. The van der Waals surface area contributed by atoms with Gasteiger partial charge < -0.3 is 0 Å². The highest BCUT2D eigenvalue weighted by Gasteiger charge is 2.68. The van der Waals surface area contributed by atoms with Crippen LogP contribution in [0.25, 0.3) is 0 Å². The molecule has 0 amide bonds. The lowest BCUT2D eigenvalue weighted by atomic mass is 9.75. The molecule has 2 saturated carbocycles. The lowest BCUT2D eigenvalue weighted by molar-refractivity contribution is 0.105. The highest BCUT2D eigenvalue weighted by atomic mass is 15.3. The molecule has 0 radical (unpaired) electrons. The monoisotopic (exact) mass is 219 g/mol. The van der Waals surface area contributed by atoms with E-state index in [9.17, 15) is 0 Å². The van der Waals surface area contributed by atoms with Gasteiger partial charge in [0.1, 0.15) is 0 Å². The third-order valence-corrected chi connectivity index (χ3v) is 5.56. The zero-order valence-corrected chi connectivity index (χ0v) is 11.1. The van der Waals surface area contributed by atoms with E-state index in [-0.39, 0.29) is 0 Å². The molecule has 0 aromatic carbocycles. The van der Waals surface area contributed by atoms with Crippen molar-refractivity contribution >= 4 is 0 Å². The van der Waals surface area contributed by atoms with E-state index in [4.69, 9.17) is 0 Å². The van der Waals surface area contributed by atoms with Crippen molar-refractivity contribution in [3.63, 3.8) is 0 Å². The van der Waals surface area contributed by atoms with Gasteiger partial charge in [-0.25, -0.2) is 0 Å². The molecule has 2 aliphatic heterocycles. The zero-order chi connectivity index (χ0) is 11.2. The van der Waals surface area contributed by atoms with E-state index in [0.717, 1.165) is 17.4 Å². The average molecular weight is 219 g/mol. The number of fused-ring (bicyclic) bond motifs is 3. The summed E-state index contributed by atoms with van der Waals surface area (Å²) >= 11 is 0. The highest BCUT2D eigenvalue weighted by molar-refractivity contribution is 5.22. The second kappa shape index (κ2) is 2.53. The molecule has 0 bridgehead atoms. The predicted octanol–water partition coefficient (Wildman–Crippen LogP) is 3.44. The minimum atomic E-state index is 0.509. The Bertz CT molecular complexity index is 336. The smallest absolute Gasteiger partial charge is 0.0226 e. The van der Waals surface area contributed by atoms with Crippen LogP contribution < -0.4 is 0 Å². The van der Waals surface area contributed by atoms with Gasteiger partial charge in [-0.2, -0.15) is 0 Å². The van der Waals surface area contributed by atoms with Gasteiger partial charge in [-0.1, -0.05) is 20.8 Å². The molecule has 1 heteroatoms. The van der Waals surface area contributed by atoms with Gasteiger partial charge in [0, 0.05) is 18.1 Å². The summed E-state index contributed by atoms with van der Waals surface area (Å²) in [6, 6.07) is 1.02. The van der Waals surface area contributed by atoms with E-state index < -0.39 is 0 Å². The second-order valence-corrected chi connectivity index (χ2v) is 8.53. The molecule has 2 heterocycles. The maximum atomic E-state index is 2.97. The third-order valence-electron chi connectivity index (χ3n) is 5.56. The Morgan fingerprint density at radius 1 is 1.25 bits per heavy atom. The molecule has 1 nitrogen and oxygen atoms in total. The van der Waals surface area contributed by atoms with Crippen LogP contribution in [0.4, 0.5) is 0 Å². The molecule has 0 aromatic heterocycles. The van der Waals surface area contributed by atoms with Gasteiger partial charge in [0.05, 0.1) is 0 Å². The Labute approximate surface area is 99.6 Å². The van der Waals surface area contributed by atoms with Gasteiger partial charge in [0.25, 0.3) is 0 Å². The first-order valence-corrected chi connectivity index (χ1v) is 7.18. The van der Waals surface area contributed by atoms with Crippen molar-refractivity contribution in [1.29, 1.82) is 0 Å². The third kappa shape index (κ3) is 1.27. The van der Waals surface area contributed by atoms with Crippen LogP contribution in [0.5, 0.6) is 0 Å². The number of rotatable bonds is 1. The average Bonchev–Trinajstić information content (AvgIpc) is 2.92. The molecular weight excluding hydrogens is 194 g/mol. The lowest BCUT2D eigenvalue weighted by Crippen LogP contribution is -2.43. The van der Waals surface area contributed by atoms with Gasteiger partial charge in [0.15, 0.2) is 0 Å². The first-order valence-electron chi connectivity index (χ1n) is 7.18. The van der Waals surface area contributed by atoms with Crippen LogP contribution >= 0.6 is 0 Å². The van der Waals surface area contributed by atoms with Crippen LogP contribution in [-0.4, -0.2) is 23.0 Å². The minimum absolute atomic E-state index is 0.509. The fourth-order valence-electron chi connectivity index (χ4n) is 5.10. The summed E-state index contributed by atoms with van der Waals surface area (Å²) in [5.74, 6) is 1.10. The molecule has 1 unspecified atom stereocenters. The van der Waals surface area contributed by atoms with E-state index in [0.29, 0.717) is 11.0 Å². The summed E-state index contributed by atoms with van der Waals surface area (Å²) in [7, 11) is 0. The molecule has 4 aliphatic rings. The van der Waals surface area contributed by atoms with Crippen molar-refractivity contribution in [2.75, 3.05) is 6.54 Å². The highest BCUT2D eigenvalue weighted by Crippen LogP contribution is 2.68. The number of hydrogen-bond donors (Lipinski definition) is 0. The van der Waals surface area contributed by atoms with Crippen LogP contribution in [-0.2, 0) is 0 Å². The van der Waals surface area contributed by atoms with Crippen molar-refractivity contribution in [1.82, 2.24) is 4.90 Å². The van der Waals surface area contributed by atoms with Crippen LogP contribution in [0.2, 0.25) is 0 Å². The SMILES string of the molecule is CC(C)(C)CC12C[C@H]3C[C@H]3N1CC1(CC1)C2. The van der Waals surface area contributed by atoms with Gasteiger partial charge in [-0.05, 0) is 55.3 Å². The van der Waals surface area contributed by atoms with Crippen molar-refractivity contribution < 1.29 is 0 Å². The summed E-state index contributed by atoms with van der Waals surface area (Å²) in [5.41, 5.74) is 1.95. The first kappa shape index (κ1) is 9.94. The van der Waals surface area contributed by atoms with Gasteiger partial charge >= 0.3 is 0 Å². The molecular formula is C15H25N. The van der Waals surface area contributed by atoms with Gasteiger partial charge in [0.2, 0.25) is 0 Å². The van der Waals surface area contributed by atoms with E-state index in [1.54, 1.807) is 6.42 Å². The maximum absolute atomic E-state index is 2.97. The summed E-state index contributed by atoms with van der Waals surface area (Å²) in [5, 5.41) is 0. The molecule has 4 fully saturated rings. The van der Waals surface area contributed by atoms with E-state index in [1.165, 1.54) is 38.6 Å². The largest absolute Gasteiger partial charge is 0.294 e. The Morgan fingerprint density at radius 3 is 2.62 bits per heavy atom. The Kier molecular flexibility index (Phi) is 1.57. The van der Waals surface area contributed by atoms with E-state index in [1.807, 2.05) is 0 Å². The minimum Gasteiger partial charge on any atom is -0.294 e. The van der Waals surface area contributed by atoms with Crippen LogP contribution in [0.15, 0.2) is 0 Å². The summed E-state index contributed by atoms with van der Waals surface area (Å²) in [6.07, 6.45) is 9.12. The fraction of sp³-hybridized carbons (Fsp3) is 1.00. The zero-order valence-electron chi connectivity index (χ0n) is 11.1. The van der Waals surface area contributed by atoms with Crippen LogP contribution in [0.3, 0.4) is 0 Å². The van der Waals surface area contributed by atoms with Crippen molar-refractivity contribution in [2.24, 2.45) is 16.7 Å². The molecule has 16 heavy (non-hydrogen) atoms. The lowest BCUT2D eigenvalue weighted by Gasteiger charge is -2.39. The molecule has 1 spiro atoms. The predicted molar refractivity (Wildman–Crippen MR) is 66.3 cm³/mol. The van der Waals surface area contributed by atoms with Gasteiger partial charge in [-0.3, -0.25) is 4.90 Å². The van der Waals surface area contributed by atoms with E-state index in [2.05, 4.69) is 25.7 Å². The van der Waals surface area contributed by atoms with Gasteiger partial charge in [-0.15, -0.1) is 0 Å². The quantitative estimate of drug-likeness (QED) is 0.653. The summed E-state index contributed by atoms with van der Waals surface area (Å²) in [6.45, 7) is 8.76. The van der Waals surface area contributed by atoms with Crippen molar-refractivity contribution in [3.8, 4) is 0 Å². The molecule has 2 aliphatic carbocycles. The molecule has 90 valence electrons. The molecule has 4 rings (SSSR count). The summed E-state index contributed by atoms with van der Waals surface area (Å²) < 4.78 is 0. The normalized spacial score (nSPS) is 48.2. The first-order chi connectivity index (χ1) is 7.42. The topological polar surface area (TPSA) is 3.24 Å². The second-order valence-electron chi connectivity index (χ2n) is 8.53. The fourth-order valence-corrected chi connectivity index (χ4v) is 5.10. The van der Waals surface area contributed by atoms with Crippen molar-refractivity contribution in [3.05, 3.63) is 0 Å². The Morgan fingerprint density at radius 2 is 2.00 bits per heavy atom. The Hall–Kier alpha value is -0.0400. The van der Waals surface area contributed by atoms with Crippen molar-refractivity contribution in [2.45, 2.75) is 70.9 Å². The molecule has 2 saturated heterocycles. The van der Waals surface area contributed by atoms with Crippen LogP contribution in [0, 0.1) is 16.7 Å².